The van der Waals surface area contributed by atoms with Crippen LogP contribution in [0.5, 0.6) is 5.75 Å². The summed E-state index contributed by atoms with van der Waals surface area (Å²) in [4.78, 5) is 22.6. The zero-order valence-corrected chi connectivity index (χ0v) is 19.4. The molecular weight excluding hydrogens is 532 g/mol. The molecule has 0 radical (unpaired) electrons. The first-order valence-electron chi connectivity index (χ1n) is 8.15. The third kappa shape index (κ3) is 7.33. The summed E-state index contributed by atoms with van der Waals surface area (Å²) in [6.45, 7) is 1.51. The number of rotatable bonds is 8. The summed E-state index contributed by atoms with van der Waals surface area (Å²) in [6.07, 6.45) is 1.08. The number of ether oxygens (including phenoxy) is 1. The van der Waals surface area contributed by atoms with Crippen LogP contribution in [0.25, 0.3) is 0 Å². The van der Waals surface area contributed by atoms with E-state index in [0.29, 0.717) is 20.4 Å². The van der Waals surface area contributed by atoms with Gasteiger partial charge in [0.15, 0.2) is 0 Å². The minimum atomic E-state index is -3.39. The molecule has 29 heavy (non-hydrogen) atoms. The van der Waals surface area contributed by atoms with Crippen LogP contribution in [-0.2, 0) is 21.4 Å². The van der Waals surface area contributed by atoms with E-state index >= 15 is 0 Å². The van der Waals surface area contributed by atoms with Crippen molar-refractivity contribution in [3.05, 3.63) is 56.0 Å². The van der Waals surface area contributed by atoms with Gasteiger partial charge in [-0.2, -0.15) is 0 Å². The maximum Gasteiger partial charge on any atom is 0.322 e. The lowest BCUT2D eigenvalue weighted by molar-refractivity contribution is -0.135. The van der Waals surface area contributed by atoms with Crippen molar-refractivity contribution in [1.29, 1.82) is 0 Å². The van der Waals surface area contributed by atoms with Crippen LogP contribution in [0.2, 0.25) is 0 Å². The van der Waals surface area contributed by atoms with Gasteiger partial charge in [-0.05, 0) is 74.2 Å². The molecule has 0 saturated heterocycles. The number of benzene rings is 2. The number of carboxylic acids is 1. The molecule has 0 atom stereocenters. The molecule has 2 aromatic carbocycles. The monoisotopic (exact) mass is 548 g/mol. The number of hydrogen-bond acceptors (Lipinski definition) is 5. The number of hydrogen-bond donors (Lipinski definition) is 3. The number of anilines is 1. The van der Waals surface area contributed by atoms with Gasteiger partial charge in [0.2, 0.25) is 10.0 Å². The van der Waals surface area contributed by atoms with Crippen molar-refractivity contribution < 1.29 is 27.9 Å². The first-order valence-corrected chi connectivity index (χ1v) is 11.6. The van der Waals surface area contributed by atoms with Crippen LogP contribution in [0.15, 0.2) is 39.3 Å². The number of aryl methyl sites for hydroxylation is 1. The predicted octanol–water partition coefficient (Wildman–Crippen LogP) is 3.28. The van der Waals surface area contributed by atoms with E-state index in [2.05, 4.69) is 41.9 Å². The molecule has 0 aliphatic carbocycles. The summed E-state index contributed by atoms with van der Waals surface area (Å²) >= 11 is 6.69. The van der Waals surface area contributed by atoms with E-state index in [1.165, 1.54) is 12.1 Å². The molecule has 0 saturated carbocycles. The van der Waals surface area contributed by atoms with Crippen molar-refractivity contribution >= 4 is 59.4 Å². The highest BCUT2D eigenvalue weighted by Crippen LogP contribution is 2.35. The van der Waals surface area contributed by atoms with E-state index in [1.54, 1.807) is 12.1 Å². The van der Waals surface area contributed by atoms with Gasteiger partial charge in [-0.25, -0.2) is 8.42 Å². The topological polar surface area (TPSA) is 122 Å². The van der Waals surface area contributed by atoms with Gasteiger partial charge in [0, 0.05) is 11.3 Å². The quantitative estimate of drug-likeness (QED) is 0.464. The molecule has 0 aliphatic rings. The molecule has 0 spiro atoms. The largest absolute Gasteiger partial charge is 0.487 e. The summed E-state index contributed by atoms with van der Waals surface area (Å²) in [6, 6.07) is 8.28. The Morgan fingerprint density at radius 3 is 2.28 bits per heavy atom. The van der Waals surface area contributed by atoms with Crippen molar-refractivity contribution in [1.82, 2.24) is 5.32 Å². The summed E-state index contributed by atoms with van der Waals surface area (Å²) < 4.78 is 32.1. The number of sulfonamides is 1. The van der Waals surface area contributed by atoms with Gasteiger partial charge < -0.3 is 15.2 Å². The van der Waals surface area contributed by atoms with Crippen LogP contribution < -0.4 is 14.8 Å². The fourth-order valence-electron chi connectivity index (χ4n) is 2.46. The fraction of sp³-hybridized carbons (Fsp3) is 0.222. The smallest absolute Gasteiger partial charge is 0.322 e. The van der Waals surface area contributed by atoms with Gasteiger partial charge in [0.25, 0.3) is 5.91 Å². The van der Waals surface area contributed by atoms with E-state index in [1.807, 2.05) is 13.0 Å². The molecule has 2 rings (SSSR count). The lowest BCUT2D eigenvalue weighted by Gasteiger charge is -2.14. The maximum atomic E-state index is 12.0. The molecule has 2 aromatic rings. The van der Waals surface area contributed by atoms with Crippen LogP contribution in [0.3, 0.4) is 0 Å². The Hall–Kier alpha value is -2.11. The van der Waals surface area contributed by atoms with Crippen molar-refractivity contribution in [2.45, 2.75) is 13.5 Å². The summed E-state index contributed by atoms with van der Waals surface area (Å²) in [5.41, 5.74) is 2.31. The zero-order chi connectivity index (χ0) is 21.8. The second kappa shape index (κ2) is 9.59. The van der Waals surface area contributed by atoms with Gasteiger partial charge in [0.05, 0.1) is 15.2 Å². The highest BCUT2D eigenvalue weighted by molar-refractivity contribution is 9.11. The maximum absolute atomic E-state index is 12.0. The molecule has 3 N–H and O–H groups in total. The standard InChI is InChI=1S/C18H18Br2N2O6S/c1-10-3-11(5-13(4-10)22-29(2,26)27)9-28-17-14(19)6-12(7-15(17)20)18(25)21-8-16(23)24/h3-7,22H,8-9H2,1-2H3,(H,21,25)(H,23,24). The van der Waals surface area contributed by atoms with Crippen LogP contribution in [0.1, 0.15) is 21.5 Å². The van der Waals surface area contributed by atoms with Crippen LogP contribution in [-0.4, -0.2) is 38.2 Å². The summed E-state index contributed by atoms with van der Waals surface area (Å²) in [7, 11) is -3.39. The summed E-state index contributed by atoms with van der Waals surface area (Å²) in [5.74, 6) is -1.23. The van der Waals surface area contributed by atoms with E-state index in [-0.39, 0.29) is 12.2 Å². The Labute approximate surface area is 185 Å². The fourth-order valence-corrected chi connectivity index (χ4v) is 4.42. The third-order valence-electron chi connectivity index (χ3n) is 3.48. The molecule has 0 unspecified atom stereocenters. The Balaban J connectivity index is 2.17. The molecule has 0 aromatic heterocycles. The first-order chi connectivity index (χ1) is 13.4. The highest BCUT2D eigenvalue weighted by Gasteiger charge is 2.15. The molecule has 0 heterocycles. The molecular formula is C18H18Br2N2O6S. The number of carbonyl (C=O) groups is 2. The lowest BCUT2D eigenvalue weighted by atomic mass is 10.1. The highest BCUT2D eigenvalue weighted by atomic mass is 79.9. The minimum absolute atomic E-state index is 0.155. The number of amides is 1. The molecule has 8 nitrogen and oxygen atoms in total. The van der Waals surface area contributed by atoms with Gasteiger partial charge in [-0.1, -0.05) is 6.07 Å². The average molecular weight is 550 g/mol. The van der Waals surface area contributed by atoms with Crippen molar-refractivity contribution in [2.24, 2.45) is 0 Å². The number of nitrogens with one attached hydrogen (secondary N) is 2. The molecule has 0 aliphatic heterocycles. The predicted molar refractivity (Wildman–Crippen MR) is 116 cm³/mol. The van der Waals surface area contributed by atoms with Gasteiger partial charge in [0.1, 0.15) is 18.9 Å². The van der Waals surface area contributed by atoms with Crippen LogP contribution >= 0.6 is 31.9 Å². The molecule has 0 bridgehead atoms. The molecule has 1 amide bonds. The normalized spacial score (nSPS) is 11.0. The number of aliphatic carboxylic acids is 1. The van der Waals surface area contributed by atoms with E-state index in [9.17, 15) is 18.0 Å². The zero-order valence-electron chi connectivity index (χ0n) is 15.5. The lowest BCUT2D eigenvalue weighted by Crippen LogP contribution is -2.29. The van der Waals surface area contributed by atoms with E-state index in [0.717, 1.165) is 17.4 Å². The molecule has 0 fully saturated rings. The minimum Gasteiger partial charge on any atom is -0.487 e. The average Bonchev–Trinajstić information content (AvgIpc) is 2.56. The SMILES string of the molecule is Cc1cc(COc2c(Br)cc(C(=O)NCC(=O)O)cc2Br)cc(NS(C)(=O)=O)c1. The van der Waals surface area contributed by atoms with Crippen molar-refractivity contribution in [3.8, 4) is 5.75 Å². The van der Waals surface area contributed by atoms with Crippen LogP contribution in [0.4, 0.5) is 5.69 Å². The van der Waals surface area contributed by atoms with E-state index in [4.69, 9.17) is 9.84 Å². The third-order valence-corrected chi connectivity index (χ3v) is 5.27. The first kappa shape index (κ1) is 23.2. The molecule has 156 valence electrons. The Morgan fingerprint density at radius 2 is 1.72 bits per heavy atom. The van der Waals surface area contributed by atoms with Gasteiger partial charge in [-0.3, -0.25) is 14.3 Å². The number of carboxylic acid groups (broad SMARTS) is 1. The summed E-state index contributed by atoms with van der Waals surface area (Å²) in [5, 5.41) is 10.9. The molecule has 11 heteroatoms. The Bertz CT molecular complexity index is 1030. The number of carbonyl (C=O) groups excluding carboxylic acids is 1. The van der Waals surface area contributed by atoms with Crippen LogP contribution in [0, 0.1) is 6.92 Å². The van der Waals surface area contributed by atoms with Crippen molar-refractivity contribution in [3.63, 3.8) is 0 Å². The van der Waals surface area contributed by atoms with Gasteiger partial charge >= 0.3 is 5.97 Å². The van der Waals surface area contributed by atoms with Crippen molar-refractivity contribution in [2.75, 3.05) is 17.5 Å². The van der Waals surface area contributed by atoms with Gasteiger partial charge in [-0.15, -0.1) is 0 Å². The second-order valence-corrected chi connectivity index (χ2v) is 9.67. The van der Waals surface area contributed by atoms with E-state index < -0.39 is 28.4 Å². The number of halogens is 2. The second-order valence-electron chi connectivity index (χ2n) is 6.22. The Kier molecular flexibility index (Phi) is 7.66. The Morgan fingerprint density at radius 1 is 1.10 bits per heavy atom.